The van der Waals surface area contributed by atoms with E-state index in [1.807, 2.05) is 0 Å². The Morgan fingerprint density at radius 3 is 2.40 bits per heavy atom. The number of aldehydes is 1. The molecule has 0 aromatic heterocycles. The molecule has 4 saturated carbocycles. The van der Waals surface area contributed by atoms with Crippen molar-refractivity contribution in [3.63, 3.8) is 0 Å². The van der Waals surface area contributed by atoms with Gasteiger partial charge in [0.1, 0.15) is 43.4 Å². The number of carbonyl (C=O) groups is 2. The summed E-state index contributed by atoms with van der Waals surface area (Å²) < 4.78 is 35.2. The molecule has 50 heavy (non-hydrogen) atoms. The van der Waals surface area contributed by atoms with Gasteiger partial charge in [0.05, 0.1) is 41.5 Å². The van der Waals surface area contributed by atoms with Crippen LogP contribution in [-0.2, 0) is 38.0 Å². The van der Waals surface area contributed by atoms with Gasteiger partial charge in [0.15, 0.2) is 12.6 Å². The van der Waals surface area contributed by atoms with Gasteiger partial charge in [-0.15, -0.1) is 0 Å². The molecule has 0 aromatic rings. The third-order valence-electron chi connectivity index (χ3n) is 14.2. The van der Waals surface area contributed by atoms with Crippen LogP contribution in [0.15, 0.2) is 11.6 Å². The summed E-state index contributed by atoms with van der Waals surface area (Å²) >= 11 is 0. The Morgan fingerprint density at radius 1 is 0.960 bits per heavy atom. The van der Waals surface area contributed by atoms with Crippen molar-refractivity contribution in [2.24, 2.45) is 28.6 Å². The summed E-state index contributed by atoms with van der Waals surface area (Å²) in [5.74, 6) is -0.635. The van der Waals surface area contributed by atoms with Crippen LogP contribution in [0.1, 0.15) is 78.1 Å². The maximum Gasteiger partial charge on any atom is 0.331 e. The number of hydrogen-bond acceptors (Lipinski definition) is 14. The Balaban J connectivity index is 1.01. The van der Waals surface area contributed by atoms with Crippen LogP contribution in [-0.4, -0.2) is 136 Å². The van der Waals surface area contributed by atoms with Crippen LogP contribution in [0, 0.1) is 28.6 Å². The van der Waals surface area contributed by atoms with Gasteiger partial charge in [-0.25, -0.2) is 4.79 Å². The van der Waals surface area contributed by atoms with E-state index in [1.165, 1.54) is 7.11 Å². The molecule has 4 aliphatic carbocycles. The highest BCUT2D eigenvalue weighted by atomic mass is 16.7. The van der Waals surface area contributed by atoms with Crippen molar-refractivity contribution in [1.29, 1.82) is 0 Å². The van der Waals surface area contributed by atoms with Crippen molar-refractivity contribution in [3.05, 3.63) is 11.6 Å². The Labute approximate surface area is 292 Å². The van der Waals surface area contributed by atoms with E-state index in [-0.39, 0.29) is 43.2 Å². The SMILES string of the molecule is CO[C@@H]1C[C@H](O[C@H]2CC[C@]3(C=O)[C@H]4CC[C@]5(C)[C@@H](C6=CC(=O)OC6)CC[C@]5(O)[C@H]4CC[C@]3(O)C2)O[C@H](C)[C@H]1O[C@H]1O[C@@H](CO)[C@H](O)[C@@H](O)[C@@H]1O. The monoisotopic (exact) mass is 710 g/mol. The molecule has 0 bridgehead atoms. The first kappa shape index (κ1) is 36.8. The quantitative estimate of drug-likeness (QED) is 0.113. The summed E-state index contributed by atoms with van der Waals surface area (Å²) in [6.07, 6.45) is -2.52. The van der Waals surface area contributed by atoms with Gasteiger partial charge in [-0.2, -0.15) is 0 Å². The van der Waals surface area contributed by atoms with Crippen LogP contribution in [0.3, 0.4) is 0 Å². The third-order valence-corrected chi connectivity index (χ3v) is 14.2. The topological polar surface area (TPSA) is 211 Å². The van der Waals surface area contributed by atoms with E-state index in [2.05, 4.69) is 6.92 Å². The molecule has 0 radical (unpaired) electrons. The highest BCUT2D eigenvalue weighted by molar-refractivity contribution is 5.85. The third kappa shape index (κ3) is 5.55. The van der Waals surface area contributed by atoms with E-state index in [0.717, 1.165) is 18.3 Å². The highest BCUT2D eigenvalue weighted by Gasteiger charge is 2.71. The number of cyclic esters (lactones) is 1. The molecule has 0 aromatic carbocycles. The van der Waals surface area contributed by atoms with Crippen molar-refractivity contribution in [1.82, 2.24) is 0 Å². The van der Waals surface area contributed by atoms with Crippen LogP contribution in [0.5, 0.6) is 0 Å². The fourth-order valence-corrected chi connectivity index (χ4v) is 11.5. The van der Waals surface area contributed by atoms with Gasteiger partial charge in [-0.3, -0.25) is 0 Å². The largest absolute Gasteiger partial charge is 0.458 e. The number of rotatable bonds is 8. The van der Waals surface area contributed by atoms with Gasteiger partial charge in [0.2, 0.25) is 0 Å². The Hall–Kier alpha value is -1.56. The molecule has 3 heterocycles. The molecule has 6 fully saturated rings. The normalized spacial score (nSPS) is 53.5. The van der Waals surface area contributed by atoms with Gasteiger partial charge >= 0.3 is 5.97 Å². The predicted octanol–water partition coefficient (Wildman–Crippen LogP) is 0.258. The second-order valence-corrected chi connectivity index (χ2v) is 16.3. The average Bonchev–Trinajstić information content (AvgIpc) is 3.64. The molecule has 0 amide bonds. The zero-order valence-corrected chi connectivity index (χ0v) is 29.1. The van der Waals surface area contributed by atoms with E-state index in [0.29, 0.717) is 44.9 Å². The summed E-state index contributed by atoms with van der Waals surface area (Å²) in [5, 5.41) is 65.3. The minimum atomic E-state index is -1.58. The van der Waals surface area contributed by atoms with E-state index >= 15 is 0 Å². The maximum absolute atomic E-state index is 13.2. The molecule has 6 N–H and O–H groups in total. The minimum Gasteiger partial charge on any atom is -0.458 e. The number of aliphatic hydroxyl groups is 6. The number of aliphatic hydroxyl groups excluding tert-OH is 4. The van der Waals surface area contributed by atoms with Crippen molar-refractivity contribution in [2.75, 3.05) is 20.3 Å². The molecule has 14 heteroatoms. The summed E-state index contributed by atoms with van der Waals surface area (Å²) in [5.41, 5.74) is -2.86. The molecule has 3 aliphatic heterocycles. The molecule has 17 atom stereocenters. The average molecular weight is 711 g/mol. The smallest absolute Gasteiger partial charge is 0.331 e. The number of ether oxygens (including phenoxy) is 6. The molecule has 282 valence electrons. The number of esters is 1. The first-order chi connectivity index (χ1) is 23.7. The molecule has 2 saturated heterocycles. The lowest BCUT2D eigenvalue weighted by Gasteiger charge is -2.65. The second-order valence-electron chi connectivity index (χ2n) is 16.3. The van der Waals surface area contributed by atoms with E-state index < -0.39 is 90.1 Å². The Kier molecular flexibility index (Phi) is 9.84. The second kappa shape index (κ2) is 13.4. The van der Waals surface area contributed by atoms with Gasteiger partial charge < -0.3 is 63.9 Å². The van der Waals surface area contributed by atoms with Gasteiger partial charge in [-0.1, -0.05) is 6.92 Å². The number of fused-ring (bicyclic) bond motifs is 5. The van der Waals surface area contributed by atoms with Crippen molar-refractivity contribution in [3.8, 4) is 0 Å². The lowest BCUT2D eigenvalue weighted by molar-refractivity contribution is -0.346. The van der Waals surface area contributed by atoms with Crippen LogP contribution >= 0.6 is 0 Å². The van der Waals surface area contributed by atoms with Crippen LogP contribution in [0.25, 0.3) is 0 Å². The summed E-state index contributed by atoms with van der Waals surface area (Å²) in [6.45, 7) is 3.57. The number of carbonyl (C=O) groups excluding carboxylic acids is 2. The van der Waals surface area contributed by atoms with Crippen molar-refractivity contribution in [2.45, 2.75) is 151 Å². The fraction of sp³-hybridized carbons (Fsp3) is 0.889. The summed E-state index contributed by atoms with van der Waals surface area (Å²) in [4.78, 5) is 25.1. The fourth-order valence-electron chi connectivity index (χ4n) is 11.5. The zero-order chi connectivity index (χ0) is 35.8. The van der Waals surface area contributed by atoms with E-state index in [4.69, 9.17) is 28.4 Å². The van der Waals surface area contributed by atoms with Crippen LogP contribution in [0.2, 0.25) is 0 Å². The van der Waals surface area contributed by atoms with E-state index in [1.54, 1.807) is 13.0 Å². The molecular weight excluding hydrogens is 656 g/mol. The molecule has 0 spiro atoms. The van der Waals surface area contributed by atoms with Gasteiger partial charge in [0, 0.05) is 31.4 Å². The van der Waals surface area contributed by atoms with Gasteiger partial charge in [0.25, 0.3) is 0 Å². The highest BCUT2D eigenvalue weighted by Crippen LogP contribution is 2.70. The molecule has 0 unspecified atom stereocenters. The summed E-state index contributed by atoms with van der Waals surface area (Å²) in [6, 6.07) is 0. The lowest BCUT2D eigenvalue weighted by Crippen LogP contribution is -2.69. The van der Waals surface area contributed by atoms with Crippen molar-refractivity contribution < 1.29 is 68.6 Å². The molecule has 14 nitrogen and oxygen atoms in total. The number of methoxy groups -OCH3 is 1. The van der Waals surface area contributed by atoms with Crippen LogP contribution < -0.4 is 0 Å². The number of hydrogen-bond donors (Lipinski definition) is 6. The first-order valence-electron chi connectivity index (χ1n) is 18.3. The predicted molar refractivity (Wildman–Crippen MR) is 171 cm³/mol. The maximum atomic E-state index is 13.2. The molecule has 7 rings (SSSR count). The van der Waals surface area contributed by atoms with E-state index in [9.17, 15) is 40.2 Å². The Morgan fingerprint density at radius 2 is 1.72 bits per heavy atom. The Bertz CT molecular complexity index is 1330. The summed E-state index contributed by atoms with van der Waals surface area (Å²) in [7, 11) is 1.51. The molecule has 7 aliphatic rings. The van der Waals surface area contributed by atoms with Crippen LogP contribution in [0.4, 0.5) is 0 Å². The van der Waals surface area contributed by atoms with Crippen molar-refractivity contribution >= 4 is 12.3 Å². The minimum absolute atomic E-state index is 0.0352. The van der Waals surface area contributed by atoms with Gasteiger partial charge in [-0.05, 0) is 81.6 Å². The lowest BCUT2D eigenvalue weighted by atomic mass is 9.41. The zero-order valence-electron chi connectivity index (χ0n) is 29.1. The first-order valence-corrected chi connectivity index (χ1v) is 18.3. The molecular formula is C36H54O14. The standard InChI is InChI=1S/C36H54O14/c1-18-31(50-32-30(42)29(41)28(40)25(15-37)49-32)24(45-3)13-27(47-18)48-20-4-9-34(17-38)22-5-8-33(2)21(19-12-26(39)46-16-19)7-11-36(33,44)23(22)6-10-35(34,43)14-20/h12,17-18,20-25,27-32,37,40-44H,4-11,13-16H2,1-3H3/t18-,20+,21-,22+,23+,24-,25+,27+,28+,29-,30+,31-,32-,33-,34+,35+,36+/m1/s1.